The van der Waals surface area contributed by atoms with E-state index in [1.165, 1.54) is 0 Å². The standard InChI is InChI=1S/C11H14Cl2N2O.ClH/c1-6(14)11(16)15-7(2)9-4-3-8(12)5-10(9)13;/h3-7H,14H2,1-2H3,(H,15,16);1H. The van der Waals surface area contributed by atoms with Crippen molar-refractivity contribution < 1.29 is 4.79 Å². The van der Waals surface area contributed by atoms with Crippen molar-refractivity contribution in [2.24, 2.45) is 5.73 Å². The molecule has 0 radical (unpaired) electrons. The van der Waals surface area contributed by atoms with Gasteiger partial charge in [-0.1, -0.05) is 29.3 Å². The monoisotopic (exact) mass is 296 g/mol. The molecule has 0 spiro atoms. The van der Waals surface area contributed by atoms with Crippen LogP contribution in [-0.4, -0.2) is 11.9 Å². The maximum absolute atomic E-state index is 11.4. The molecule has 0 heterocycles. The Morgan fingerprint density at radius 1 is 1.35 bits per heavy atom. The average molecular weight is 298 g/mol. The van der Waals surface area contributed by atoms with E-state index in [2.05, 4.69) is 5.32 Å². The first-order chi connectivity index (χ1) is 7.41. The summed E-state index contributed by atoms with van der Waals surface area (Å²) in [5.74, 6) is -0.210. The smallest absolute Gasteiger partial charge is 0.237 e. The van der Waals surface area contributed by atoms with Crippen LogP contribution in [0.4, 0.5) is 0 Å². The number of nitrogens with one attached hydrogen (secondary N) is 1. The van der Waals surface area contributed by atoms with Gasteiger partial charge in [0.2, 0.25) is 5.91 Å². The summed E-state index contributed by atoms with van der Waals surface area (Å²) in [5, 5.41) is 3.87. The molecule has 0 aliphatic carbocycles. The van der Waals surface area contributed by atoms with Gasteiger partial charge in [0.1, 0.15) is 0 Å². The largest absolute Gasteiger partial charge is 0.348 e. The SMILES string of the molecule is CC(N)C(=O)NC(C)c1ccc(Cl)cc1Cl.Cl. The summed E-state index contributed by atoms with van der Waals surface area (Å²) in [5.41, 5.74) is 6.28. The highest BCUT2D eigenvalue weighted by Gasteiger charge is 2.14. The van der Waals surface area contributed by atoms with Crippen LogP contribution in [0, 0.1) is 0 Å². The summed E-state index contributed by atoms with van der Waals surface area (Å²) in [7, 11) is 0. The van der Waals surface area contributed by atoms with Gasteiger partial charge in [0, 0.05) is 10.0 Å². The van der Waals surface area contributed by atoms with Gasteiger partial charge in [0.05, 0.1) is 12.1 Å². The first-order valence-corrected chi connectivity index (χ1v) is 5.68. The minimum atomic E-state index is -0.534. The molecule has 6 heteroatoms. The summed E-state index contributed by atoms with van der Waals surface area (Å²) >= 11 is 11.8. The van der Waals surface area contributed by atoms with Gasteiger partial charge < -0.3 is 11.1 Å². The highest BCUT2D eigenvalue weighted by atomic mass is 35.5. The van der Waals surface area contributed by atoms with Crippen LogP contribution < -0.4 is 11.1 Å². The minimum absolute atomic E-state index is 0. The second-order valence-corrected chi connectivity index (χ2v) is 4.53. The van der Waals surface area contributed by atoms with E-state index in [0.717, 1.165) is 5.56 Å². The Labute approximate surface area is 117 Å². The number of carbonyl (C=O) groups excluding carboxylic acids is 1. The van der Waals surface area contributed by atoms with Gasteiger partial charge in [-0.15, -0.1) is 12.4 Å². The molecule has 1 rings (SSSR count). The summed E-state index contributed by atoms with van der Waals surface area (Å²) in [4.78, 5) is 11.4. The molecular formula is C11H15Cl3N2O. The van der Waals surface area contributed by atoms with E-state index >= 15 is 0 Å². The molecule has 3 nitrogen and oxygen atoms in total. The molecule has 17 heavy (non-hydrogen) atoms. The molecule has 0 bridgehead atoms. The number of carbonyl (C=O) groups is 1. The van der Waals surface area contributed by atoms with Crippen molar-refractivity contribution in [2.75, 3.05) is 0 Å². The minimum Gasteiger partial charge on any atom is -0.348 e. The first-order valence-electron chi connectivity index (χ1n) is 4.92. The third-order valence-corrected chi connectivity index (χ3v) is 2.76. The lowest BCUT2D eigenvalue weighted by molar-refractivity contribution is -0.122. The number of hydrogen-bond donors (Lipinski definition) is 2. The molecule has 0 aliphatic heterocycles. The first kappa shape index (κ1) is 16.5. The maximum atomic E-state index is 11.4. The normalized spacial score (nSPS) is 13.5. The van der Waals surface area contributed by atoms with Crippen molar-refractivity contribution in [1.29, 1.82) is 0 Å². The summed E-state index contributed by atoms with van der Waals surface area (Å²) < 4.78 is 0. The van der Waals surface area contributed by atoms with Crippen molar-refractivity contribution in [3.8, 4) is 0 Å². The third-order valence-electron chi connectivity index (χ3n) is 2.20. The Morgan fingerprint density at radius 3 is 2.41 bits per heavy atom. The number of hydrogen-bond acceptors (Lipinski definition) is 2. The molecule has 2 unspecified atom stereocenters. The van der Waals surface area contributed by atoms with E-state index in [0.29, 0.717) is 10.0 Å². The van der Waals surface area contributed by atoms with Crippen LogP contribution >= 0.6 is 35.6 Å². The number of rotatable bonds is 3. The van der Waals surface area contributed by atoms with E-state index in [9.17, 15) is 4.79 Å². The second kappa shape index (κ2) is 7.07. The Morgan fingerprint density at radius 2 is 1.94 bits per heavy atom. The van der Waals surface area contributed by atoms with Gasteiger partial charge in [0.25, 0.3) is 0 Å². The van der Waals surface area contributed by atoms with Gasteiger partial charge in [-0.2, -0.15) is 0 Å². The molecule has 1 aromatic carbocycles. The fourth-order valence-electron chi connectivity index (χ4n) is 1.28. The Hall–Kier alpha value is -0.480. The van der Waals surface area contributed by atoms with Gasteiger partial charge in [-0.3, -0.25) is 4.79 Å². The van der Waals surface area contributed by atoms with Crippen molar-refractivity contribution in [3.63, 3.8) is 0 Å². The van der Waals surface area contributed by atoms with E-state index in [4.69, 9.17) is 28.9 Å². The fraction of sp³-hybridized carbons (Fsp3) is 0.364. The van der Waals surface area contributed by atoms with Crippen LogP contribution in [-0.2, 0) is 4.79 Å². The highest BCUT2D eigenvalue weighted by Crippen LogP contribution is 2.25. The quantitative estimate of drug-likeness (QED) is 0.901. The van der Waals surface area contributed by atoms with Crippen LogP contribution in [0.3, 0.4) is 0 Å². The molecule has 1 aromatic rings. The topological polar surface area (TPSA) is 55.1 Å². The van der Waals surface area contributed by atoms with E-state index in [1.807, 2.05) is 6.92 Å². The fourth-order valence-corrected chi connectivity index (χ4v) is 1.85. The predicted molar refractivity (Wildman–Crippen MR) is 73.9 cm³/mol. The lowest BCUT2D eigenvalue weighted by atomic mass is 10.1. The lowest BCUT2D eigenvalue weighted by Gasteiger charge is -2.17. The van der Waals surface area contributed by atoms with Gasteiger partial charge >= 0.3 is 0 Å². The summed E-state index contributed by atoms with van der Waals surface area (Å²) in [6, 6.07) is 4.44. The molecule has 1 amide bonds. The molecule has 0 aromatic heterocycles. The average Bonchev–Trinajstić information content (AvgIpc) is 2.16. The van der Waals surface area contributed by atoms with Gasteiger partial charge in [-0.05, 0) is 31.5 Å². The molecule has 2 atom stereocenters. The molecule has 3 N–H and O–H groups in total. The number of benzene rings is 1. The maximum Gasteiger partial charge on any atom is 0.237 e. The molecular weight excluding hydrogens is 282 g/mol. The number of nitrogens with two attached hydrogens (primary N) is 1. The number of halogens is 3. The van der Waals surface area contributed by atoms with Gasteiger partial charge in [-0.25, -0.2) is 0 Å². The zero-order chi connectivity index (χ0) is 12.3. The zero-order valence-corrected chi connectivity index (χ0v) is 11.9. The van der Waals surface area contributed by atoms with Crippen LogP contribution in [0.5, 0.6) is 0 Å². The van der Waals surface area contributed by atoms with Crippen molar-refractivity contribution in [1.82, 2.24) is 5.32 Å². The Bertz CT molecular complexity index is 396. The third kappa shape index (κ3) is 4.72. The van der Waals surface area contributed by atoms with E-state index < -0.39 is 6.04 Å². The molecule has 0 aliphatic rings. The van der Waals surface area contributed by atoms with Crippen LogP contribution in [0.2, 0.25) is 10.0 Å². The number of amides is 1. The lowest BCUT2D eigenvalue weighted by Crippen LogP contribution is -2.39. The van der Waals surface area contributed by atoms with Crippen molar-refractivity contribution in [3.05, 3.63) is 33.8 Å². The predicted octanol–water partition coefficient (Wildman–Crippen LogP) is 2.94. The van der Waals surface area contributed by atoms with Crippen LogP contribution in [0.1, 0.15) is 25.5 Å². The molecule has 96 valence electrons. The van der Waals surface area contributed by atoms with Crippen molar-refractivity contribution >= 4 is 41.5 Å². The van der Waals surface area contributed by atoms with E-state index in [1.54, 1.807) is 25.1 Å². The molecule has 0 fully saturated rings. The Kier molecular flexibility index (Phi) is 6.87. The summed E-state index contributed by atoms with van der Waals surface area (Å²) in [6.07, 6.45) is 0. The Balaban J connectivity index is 0.00000256. The van der Waals surface area contributed by atoms with Crippen molar-refractivity contribution in [2.45, 2.75) is 25.9 Å². The zero-order valence-electron chi connectivity index (χ0n) is 9.54. The van der Waals surface area contributed by atoms with E-state index in [-0.39, 0.29) is 24.4 Å². The van der Waals surface area contributed by atoms with Crippen LogP contribution in [0.15, 0.2) is 18.2 Å². The molecule has 0 saturated carbocycles. The highest BCUT2D eigenvalue weighted by molar-refractivity contribution is 6.35. The van der Waals surface area contributed by atoms with Crippen LogP contribution in [0.25, 0.3) is 0 Å². The summed E-state index contributed by atoms with van der Waals surface area (Å²) in [6.45, 7) is 3.47. The molecule has 0 saturated heterocycles. The second-order valence-electron chi connectivity index (χ2n) is 3.68. The van der Waals surface area contributed by atoms with Gasteiger partial charge in [0.15, 0.2) is 0 Å².